The minimum absolute atomic E-state index is 0.102. The third-order valence-corrected chi connectivity index (χ3v) is 5.47. The second-order valence-corrected chi connectivity index (χ2v) is 6.73. The number of methoxy groups -OCH3 is 1. The number of rotatable bonds is 6. The van der Waals surface area contributed by atoms with Gasteiger partial charge in [0, 0.05) is 13.5 Å². The van der Waals surface area contributed by atoms with Crippen LogP contribution in [-0.4, -0.2) is 26.3 Å². The number of ketones is 1. The van der Waals surface area contributed by atoms with Gasteiger partial charge in [0.2, 0.25) is 0 Å². The lowest BCUT2D eigenvalue weighted by Crippen LogP contribution is -2.37. The lowest BCUT2D eigenvalue weighted by Gasteiger charge is -2.33. The molecule has 2 aliphatic rings. The molecule has 0 saturated heterocycles. The van der Waals surface area contributed by atoms with Crippen molar-refractivity contribution >= 4 is 5.78 Å². The topological polar surface area (TPSA) is 35.5 Å². The van der Waals surface area contributed by atoms with Crippen LogP contribution in [0.15, 0.2) is 24.3 Å². The Morgan fingerprint density at radius 2 is 2.20 bits per heavy atom. The molecule has 1 saturated carbocycles. The number of ether oxygens (including phenoxy) is 2. The Balaban J connectivity index is 2.31. The first-order chi connectivity index (χ1) is 9.40. The highest BCUT2D eigenvalue weighted by Gasteiger charge is 2.59. The van der Waals surface area contributed by atoms with E-state index in [2.05, 4.69) is 33.4 Å². The van der Waals surface area contributed by atoms with E-state index in [0.29, 0.717) is 31.1 Å². The fourth-order valence-corrected chi connectivity index (χ4v) is 3.91. The van der Waals surface area contributed by atoms with Gasteiger partial charge in [-0.2, -0.15) is 0 Å². The molecule has 0 spiro atoms. The summed E-state index contributed by atoms with van der Waals surface area (Å²) >= 11 is 0. The average Bonchev–Trinajstić information content (AvgIpc) is 2.77. The smallest absolute Gasteiger partial charge is 0.146 e. The summed E-state index contributed by atoms with van der Waals surface area (Å²) in [4.78, 5) is 12.7. The van der Waals surface area contributed by atoms with Gasteiger partial charge in [-0.1, -0.05) is 31.6 Å². The summed E-state index contributed by atoms with van der Waals surface area (Å²) in [6.45, 7) is 11.2. The van der Waals surface area contributed by atoms with Crippen LogP contribution in [0, 0.1) is 22.7 Å². The molecule has 0 aromatic carbocycles. The standard InChI is InChI=1S/C17H26O3/c1-6-7-17(10-20-11-19-5)14-8-12(2)16(3,4)13(14)9-15(17)18/h6,8,13-14H,1,7,9-11H2,2-5H3/t13-,14-,17-/m1/s1. The van der Waals surface area contributed by atoms with Gasteiger partial charge in [-0.05, 0) is 30.6 Å². The molecule has 3 nitrogen and oxygen atoms in total. The highest BCUT2D eigenvalue weighted by atomic mass is 16.7. The Morgan fingerprint density at radius 3 is 2.80 bits per heavy atom. The molecular weight excluding hydrogens is 252 g/mol. The number of Topliss-reactive ketones (excluding diaryl/α,β-unsaturated/α-hetero) is 1. The Labute approximate surface area is 122 Å². The first kappa shape index (κ1) is 15.5. The number of fused-ring (bicyclic) bond motifs is 1. The second kappa shape index (κ2) is 5.45. The van der Waals surface area contributed by atoms with Crippen LogP contribution in [0.2, 0.25) is 0 Å². The summed E-state index contributed by atoms with van der Waals surface area (Å²) in [7, 11) is 1.60. The number of hydrogen-bond acceptors (Lipinski definition) is 3. The van der Waals surface area contributed by atoms with Crippen molar-refractivity contribution in [2.24, 2.45) is 22.7 Å². The van der Waals surface area contributed by atoms with Gasteiger partial charge in [0.1, 0.15) is 12.6 Å². The van der Waals surface area contributed by atoms with Gasteiger partial charge in [0.25, 0.3) is 0 Å². The summed E-state index contributed by atoms with van der Waals surface area (Å²) in [5.74, 6) is 0.973. The molecule has 0 unspecified atom stereocenters. The molecule has 0 N–H and O–H groups in total. The van der Waals surface area contributed by atoms with Gasteiger partial charge in [-0.15, -0.1) is 6.58 Å². The molecule has 0 amide bonds. The van der Waals surface area contributed by atoms with E-state index in [1.165, 1.54) is 5.57 Å². The third kappa shape index (κ3) is 2.17. The van der Waals surface area contributed by atoms with Crippen molar-refractivity contribution in [2.75, 3.05) is 20.5 Å². The molecule has 112 valence electrons. The van der Waals surface area contributed by atoms with Gasteiger partial charge in [0.05, 0.1) is 12.0 Å². The predicted molar refractivity (Wildman–Crippen MR) is 79.2 cm³/mol. The Kier molecular flexibility index (Phi) is 4.22. The van der Waals surface area contributed by atoms with Gasteiger partial charge in [0.15, 0.2) is 0 Å². The molecule has 0 aromatic heterocycles. The van der Waals surface area contributed by atoms with E-state index in [4.69, 9.17) is 9.47 Å². The largest absolute Gasteiger partial charge is 0.359 e. The fourth-order valence-electron chi connectivity index (χ4n) is 3.91. The molecular formula is C17H26O3. The molecule has 0 aliphatic heterocycles. The van der Waals surface area contributed by atoms with E-state index in [-0.39, 0.29) is 18.1 Å². The van der Waals surface area contributed by atoms with Crippen LogP contribution in [0.1, 0.15) is 33.6 Å². The van der Waals surface area contributed by atoms with Crippen LogP contribution in [0.25, 0.3) is 0 Å². The van der Waals surface area contributed by atoms with E-state index in [9.17, 15) is 4.79 Å². The Hall–Kier alpha value is -0.930. The zero-order chi connectivity index (χ0) is 15.0. The average molecular weight is 278 g/mol. The third-order valence-electron chi connectivity index (χ3n) is 5.47. The van der Waals surface area contributed by atoms with Crippen molar-refractivity contribution in [3.05, 3.63) is 24.3 Å². The van der Waals surface area contributed by atoms with Crippen LogP contribution >= 0.6 is 0 Å². The van der Waals surface area contributed by atoms with E-state index in [0.717, 1.165) is 0 Å². The lowest BCUT2D eigenvalue weighted by molar-refractivity contribution is -0.134. The van der Waals surface area contributed by atoms with Crippen LogP contribution in [0.3, 0.4) is 0 Å². The predicted octanol–water partition coefficient (Wildman–Crippen LogP) is 3.36. The molecule has 3 heteroatoms. The van der Waals surface area contributed by atoms with Gasteiger partial charge in [-0.25, -0.2) is 0 Å². The molecule has 2 rings (SSSR count). The minimum atomic E-state index is -0.444. The summed E-state index contributed by atoms with van der Waals surface area (Å²) in [6, 6.07) is 0. The summed E-state index contributed by atoms with van der Waals surface area (Å²) in [5.41, 5.74) is 1.05. The molecule has 1 fully saturated rings. The number of hydrogen-bond donors (Lipinski definition) is 0. The highest BCUT2D eigenvalue weighted by Crippen LogP contribution is 2.60. The van der Waals surface area contributed by atoms with Gasteiger partial charge < -0.3 is 9.47 Å². The molecule has 0 aromatic rings. The quantitative estimate of drug-likeness (QED) is 0.424. The van der Waals surface area contributed by atoms with Crippen molar-refractivity contribution in [3.63, 3.8) is 0 Å². The molecule has 0 radical (unpaired) electrons. The van der Waals surface area contributed by atoms with Crippen molar-refractivity contribution in [3.8, 4) is 0 Å². The van der Waals surface area contributed by atoms with Gasteiger partial charge in [-0.3, -0.25) is 4.79 Å². The molecule has 0 heterocycles. The lowest BCUT2D eigenvalue weighted by atomic mass is 9.71. The highest BCUT2D eigenvalue weighted by molar-refractivity contribution is 5.89. The van der Waals surface area contributed by atoms with E-state index < -0.39 is 5.41 Å². The maximum Gasteiger partial charge on any atom is 0.146 e. The number of carbonyl (C=O) groups excluding carboxylic acids is 1. The minimum Gasteiger partial charge on any atom is -0.359 e. The van der Waals surface area contributed by atoms with Crippen molar-refractivity contribution in [2.45, 2.75) is 33.6 Å². The fraction of sp³-hybridized carbons (Fsp3) is 0.706. The van der Waals surface area contributed by atoms with Crippen molar-refractivity contribution in [1.29, 1.82) is 0 Å². The number of allylic oxidation sites excluding steroid dienone is 3. The van der Waals surface area contributed by atoms with Gasteiger partial charge >= 0.3 is 0 Å². The molecule has 2 aliphatic carbocycles. The zero-order valence-electron chi connectivity index (χ0n) is 13.1. The maximum atomic E-state index is 12.7. The zero-order valence-corrected chi connectivity index (χ0v) is 13.1. The maximum absolute atomic E-state index is 12.7. The summed E-state index contributed by atoms with van der Waals surface area (Å²) in [6.07, 6.45) is 5.48. The Morgan fingerprint density at radius 1 is 1.50 bits per heavy atom. The van der Waals surface area contributed by atoms with Crippen LogP contribution in [-0.2, 0) is 14.3 Å². The van der Waals surface area contributed by atoms with E-state index in [1.807, 2.05) is 6.08 Å². The summed E-state index contributed by atoms with van der Waals surface area (Å²) < 4.78 is 10.5. The molecule has 20 heavy (non-hydrogen) atoms. The molecule has 0 bridgehead atoms. The first-order valence-corrected chi connectivity index (χ1v) is 7.30. The van der Waals surface area contributed by atoms with Crippen molar-refractivity contribution in [1.82, 2.24) is 0 Å². The van der Waals surface area contributed by atoms with Crippen LogP contribution in [0.4, 0.5) is 0 Å². The first-order valence-electron chi connectivity index (χ1n) is 7.30. The van der Waals surface area contributed by atoms with Crippen molar-refractivity contribution < 1.29 is 14.3 Å². The normalized spacial score (nSPS) is 35.0. The number of carbonyl (C=O) groups is 1. The van der Waals surface area contributed by atoms with E-state index in [1.54, 1.807) is 7.11 Å². The SMILES string of the molecule is C=CC[C@]1(COCOC)C(=O)C[C@@H]2[C@H]1C=C(C)C2(C)C. The van der Waals surface area contributed by atoms with E-state index >= 15 is 0 Å². The van der Waals surface area contributed by atoms with Crippen LogP contribution in [0.5, 0.6) is 0 Å². The summed E-state index contributed by atoms with van der Waals surface area (Å²) in [5, 5.41) is 0. The van der Waals surface area contributed by atoms with Crippen LogP contribution < -0.4 is 0 Å². The Bertz CT molecular complexity index is 436. The molecule has 3 atom stereocenters. The second-order valence-electron chi connectivity index (χ2n) is 6.73. The monoisotopic (exact) mass is 278 g/mol.